The lowest BCUT2D eigenvalue weighted by Gasteiger charge is -2.38. The average molecular weight is 438 g/mol. The Balaban J connectivity index is 1.48. The molecule has 1 aliphatic heterocycles. The first-order valence-electron chi connectivity index (χ1n) is 10.6. The van der Waals surface area contributed by atoms with Gasteiger partial charge in [-0.05, 0) is 22.3 Å². The maximum atomic E-state index is 13.0. The van der Waals surface area contributed by atoms with Gasteiger partial charge in [-0.15, -0.1) is 0 Å². The maximum absolute atomic E-state index is 13.0. The second-order valence-corrected chi connectivity index (χ2v) is 8.20. The number of rotatable bonds is 6. The molecule has 32 heavy (non-hydrogen) atoms. The van der Waals surface area contributed by atoms with Crippen molar-refractivity contribution in [3.63, 3.8) is 0 Å². The number of carboxylic acids is 1. The monoisotopic (exact) mass is 438 g/mol. The van der Waals surface area contributed by atoms with Crippen LogP contribution in [0.2, 0.25) is 0 Å². The van der Waals surface area contributed by atoms with Gasteiger partial charge in [0.05, 0.1) is 0 Å². The van der Waals surface area contributed by atoms with E-state index >= 15 is 0 Å². The summed E-state index contributed by atoms with van der Waals surface area (Å²) in [5, 5.41) is 11.8. The fraction of sp³-hybridized carbons (Fsp3) is 0.375. The topological polar surface area (TPSA) is 105 Å². The van der Waals surface area contributed by atoms with Crippen molar-refractivity contribution in [1.29, 1.82) is 0 Å². The third kappa shape index (κ3) is 4.18. The van der Waals surface area contributed by atoms with E-state index < -0.39 is 30.1 Å². The zero-order chi connectivity index (χ0) is 22.7. The molecule has 0 saturated carbocycles. The summed E-state index contributed by atoms with van der Waals surface area (Å²) < 4.78 is 11.0. The standard InChI is InChI=1S/C24H26N2O6/c1-26(14-21(27)28)22(29)24(10-12-31-13-11-24)25-23(30)32-15-20-18-8-4-2-6-16(18)17-7-3-5-9-19(17)20/h2-9,20H,10-15H2,1H3,(H,25,30)(H,27,28). The van der Waals surface area contributed by atoms with Gasteiger partial charge in [0.2, 0.25) is 5.91 Å². The minimum absolute atomic E-state index is 0.0934. The van der Waals surface area contributed by atoms with Crippen molar-refractivity contribution in [1.82, 2.24) is 10.2 Å². The highest BCUT2D eigenvalue weighted by Gasteiger charge is 2.44. The third-order valence-corrected chi connectivity index (χ3v) is 6.16. The number of carbonyl (C=O) groups is 3. The van der Waals surface area contributed by atoms with Crippen LogP contribution in [0.4, 0.5) is 4.79 Å². The van der Waals surface area contributed by atoms with Crippen LogP contribution in [0.25, 0.3) is 11.1 Å². The molecule has 2 aromatic rings. The molecule has 2 aromatic carbocycles. The summed E-state index contributed by atoms with van der Waals surface area (Å²) in [5.74, 6) is -1.68. The van der Waals surface area contributed by atoms with Gasteiger partial charge >= 0.3 is 12.1 Å². The summed E-state index contributed by atoms with van der Waals surface area (Å²) in [6, 6.07) is 16.1. The Morgan fingerprint density at radius 1 is 1.06 bits per heavy atom. The zero-order valence-electron chi connectivity index (χ0n) is 17.9. The smallest absolute Gasteiger partial charge is 0.408 e. The second kappa shape index (κ2) is 9.00. The first kappa shape index (κ1) is 21.8. The molecule has 1 aliphatic carbocycles. The van der Waals surface area contributed by atoms with Gasteiger partial charge in [0.15, 0.2) is 0 Å². The molecule has 0 unspecified atom stereocenters. The second-order valence-electron chi connectivity index (χ2n) is 8.20. The lowest BCUT2D eigenvalue weighted by atomic mass is 9.88. The Hall–Kier alpha value is -3.39. The summed E-state index contributed by atoms with van der Waals surface area (Å²) >= 11 is 0. The number of hydrogen-bond donors (Lipinski definition) is 2. The van der Waals surface area contributed by atoms with Gasteiger partial charge in [-0.3, -0.25) is 9.59 Å². The Morgan fingerprint density at radius 3 is 2.19 bits per heavy atom. The normalized spacial score (nSPS) is 16.5. The van der Waals surface area contributed by atoms with E-state index in [0.29, 0.717) is 0 Å². The molecule has 1 saturated heterocycles. The Morgan fingerprint density at radius 2 is 1.62 bits per heavy atom. The lowest BCUT2D eigenvalue weighted by Crippen LogP contribution is -2.62. The van der Waals surface area contributed by atoms with Crippen LogP contribution in [-0.2, 0) is 19.1 Å². The van der Waals surface area contributed by atoms with E-state index in [1.54, 1.807) is 0 Å². The van der Waals surface area contributed by atoms with Crippen molar-refractivity contribution in [2.24, 2.45) is 0 Å². The third-order valence-electron chi connectivity index (χ3n) is 6.16. The first-order valence-corrected chi connectivity index (χ1v) is 10.6. The van der Waals surface area contributed by atoms with E-state index in [1.165, 1.54) is 7.05 Å². The molecule has 2 N–H and O–H groups in total. The summed E-state index contributed by atoms with van der Waals surface area (Å²) in [6.07, 6.45) is -0.203. The number of amides is 2. The predicted octanol–water partition coefficient (Wildman–Crippen LogP) is 2.62. The predicted molar refractivity (Wildman–Crippen MR) is 116 cm³/mol. The molecule has 0 radical (unpaired) electrons. The molecule has 0 aromatic heterocycles. The largest absolute Gasteiger partial charge is 0.480 e. The summed E-state index contributed by atoms with van der Waals surface area (Å²) in [6.45, 7) is 0.256. The highest BCUT2D eigenvalue weighted by Crippen LogP contribution is 2.44. The number of aliphatic carboxylic acids is 1. The molecule has 2 aliphatic rings. The van der Waals surface area contributed by atoms with Gasteiger partial charge in [-0.2, -0.15) is 0 Å². The van der Waals surface area contributed by atoms with Crippen LogP contribution in [0.3, 0.4) is 0 Å². The Labute approximate surface area is 186 Å². The quantitative estimate of drug-likeness (QED) is 0.718. The van der Waals surface area contributed by atoms with Crippen molar-refractivity contribution >= 4 is 18.0 Å². The highest BCUT2D eigenvalue weighted by atomic mass is 16.5. The van der Waals surface area contributed by atoms with Gasteiger partial charge in [-0.25, -0.2) is 4.79 Å². The number of nitrogens with zero attached hydrogens (tertiary/aromatic N) is 1. The van der Waals surface area contributed by atoms with Crippen molar-refractivity contribution < 1.29 is 29.0 Å². The lowest BCUT2D eigenvalue weighted by molar-refractivity contribution is -0.148. The fourth-order valence-electron chi connectivity index (χ4n) is 4.58. The van der Waals surface area contributed by atoms with E-state index in [2.05, 4.69) is 17.4 Å². The first-order chi connectivity index (χ1) is 15.4. The Kier molecular flexibility index (Phi) is 6.14. The number of carbonyl (C=O) groups excluding carboxylic acids is 2. The minimum atomic E-state index is -1.25. The van der Waals surface area contributed by atoms with Crippen molar-refractivity contribution in [3.05, 3.63) is 59.7 Å². The van der Waals surface area contributed by atoms with Crippen LogP contribution in [0, 0.1) is 0 Å². The van der Waals surface area contributed by atoms with Gasteiger partial charge in [-0.1, -0.05) is 48.5 Å². The van der Waals surface area contributed by atoms with Gasteiger partial charge in [0.25, 0.3) is 0 Å². The van der Waals surface area contributed by atoms with E-state index in [4.69, 9.17) is 14.6 Å². The molecule has 2 amide bonds. The number of fused-ring (bicyclic) bond motifs is 3. The molecule has 0 atom stereocenters. The van der Waals surface area contributed by atoms with E-state index in [-0.39, 0.29) is 38.6 Å². The fourth-order valence-corrected chi connectivity index (χ4v) is 4.58. The number of ether oxygens (including phenoxy) is 2. The molecule has 0 bridgehead atoms. The van der Waals surface area contributed by atoms with Crippen LogP contribution in [0.1, 0.15) is 29.9 Å². The number of hydrogen-bond acceptors (Lipinski definition) is 5. The molecular weight excluding hydrogens is 412 g/mol. The van der Waals surface area contributed by atoms with Crippen LogP contribution >= 0.6 is 0 Å². The summed E-state index contributed by atoms with van der Waals surface area (Å²) in [4.78, 5) is 38.0. The van der Waals surface area contributed by atoms with Crippen LogP contribution in [0.15, 0.2) is 48.5 Å². The Bertz CT molecular complexity index is 985. The summed E-state index contributed by atoms with van der Waals surface area (Å²) in [5.41, 5.74) is 3.21. The SMILES string of the molecule is CN(CC(=O)O)C(=O)C1(NC(=O)OCC2c3ccccc3-c3ccccc32)CCOCC1. The molecule has 168 valence electrons. The highest BCUT2D eigenvalue weighted by molar-refractivity contribution is 5.92. The van der Waals surface area contributed by atoms with Gasteiger partial charge in [0.1, 0.15) is 18.7 Å². The molecule has 8 nitrogen and oxygen atoms in total. The van der Waals surface area contributed by atoms with Crippen molar-refractivity contribution in [3.8, 4) is 11.1 Å². The van der Waals surface area contributed by atoms with Gasteiger partial charge in [0, 0.05) is 39.0 Å². The van der Waals surface area contributed by atoms with Gasteiger partial charge < -0.3 is 24.8 Å². The maximum Gasteiger partial charge on any atom is 0.408 e. The molecule has 8 heteroatoms. The van der Waals surface area contributed by atoms with Crippen LogP contribution in [-0.4, -0.2) is 66.9 Å². The summed E-state index contributed by atoms with van der Waals surface area (Å²) in [7, 11) is 1.41. The molecule has 1 heterocycles. The molecule has 4 rings (SSSR count). The van der Waals surface area contributed by atoms with E-state index in [1.807, 2.05) is 36.4 Å². The molecule has 1 fully saturated rings. The number of benzene rings is 2. The minimum Gasteiger partial charge on any atom is -0.480 e. The molecule has 0 spiro atoms. The number of nitrogens with one attached hydrogen (secondary N) is 1. The number of likely N-dealkylation sites (N-methyl/N-ethyl adjacent to an activating group) is 1. The molecular formula is C24H26N2O6. The van der Waals surface area contributed by atoms with E-state index in [0.717, 1.165) is 27.2 Å². The van der Waals surface area contributed by atoms with Crippen LogP contribution in [0.5, 0.6) is 0 Å². The average Bonchev–Trinajstić information content (AvgIpc) is 3.11. The zero-order valence-corrected chi connectivity index (χ0v) is 17.9. The van der Waals surface area contributed by atoms with E-state index in [9.17, 15) is 14.4 Å². The van der Waals surface area contributed by atoms with Crippen molar-refractivity contribution in [2.75, 3.05) is 33.4 Å². The number of carboxylic acid groups (broad SMARTS) is 1. The number of alkyl carbamates (subject to hydrolysis) is 1. The van der Waals surface area contributed by atoms with Crippen molar-refractivity contribution in [2.45, 2.75) is 24.3 Å². The van der Waals surface area contributed by atoms with Crippen LogP contribution < -0.4 is 5.32 Å².